The van der Waals surface area contributed by atoms with E-state index in [1.807, 2.05) is 0 Å². The fourth-order valence-corrected chi connectivity index (χ4v) is 3.37. The predicted octanol–water partition coefficient (Wildman–Crippen LogP) is 3.74. The van der Waals surface area contributed by atoms with Gasteiger partial charge in [0.2, 0.25) is 5.95 Å². The first-order valence-electron chi connectivity index (χ1n) is 11.5. The zero-order valence-corrected chi connectivity index (χ0v) is 20.3. The number of benzene rings is 2. The number of rotatable bonds is 5. The third kappa shape index (κ3) is 8.94. The molecule has 3 aromatic rings. The summed E-state index contributed by atoms with van der Waals surface area (Å²) < 4.78 is 45.0. The van der Waals surface area contributed by atoms with E-state index in [0.29, 0.717) is 31.5 Å². The number of carboxylic acid groups (broad SMARTS) is 2. The Morgan fingerprint density at radius 3 is 2.00 bits per heavy atom. The molecule has 0 atom stereocenters. The Bertz CT molecular complexity index is 1260. The molecule has 4 rings (SSSR count). The molecule has 0 saturated carbocycles. The summed E-state index contributed by atoms with van der Waals surface area (Å²) in [5.74, 6) is -2.64. The van der Waals surface area contributed by atoms with Crippen LogP contribution in [0, 0.1) is 5.82 Å². The van der Waals surface area contributed by atoms with Crippen LogP contribution >= 0.6 is 0 Å². The van der Waals surface area contributed by atoms with Crippen molar-refractivity contribution in [2.24, 2.45) is 4.99 Å². The number of hydrogen-bond donors (Lipinski definition) is 3. The van der Waals surface area contributed by atoms with Crippen LogP contribution in [0.3, 0.4) is 0 Å². The van der Waals surface area contributed by atoms with Crippen LogP contribution in [0.4, 0.5) is 29.2 Å². The van der Waals surface area contributed by atoms with Gasteiger partial charge in [-0.3, -0.25) is 0 Å². The Labute approximate surface area is 220 Å². The van der Waals surface area contributed by atoms with Gasteiger partial charge in [-0.15, -0.1) is 0 Å². The molecule has 0 amide bonds. The zero-order valence-electron chi connectivity index (χ0n) is 20.3. The summed E-state index contributed by atoms with van der Waals surface area (Å²) in [6.45, 7) is 3.28. The maximum absolute atomic E-state index is 13.2. The van der Waals surface area contributed by atoms with Gasteiger partial charge < -0.3 is 25.3 Å². The molecule has 1 aliphatic rings. The van der Waals surface area contributed by atoms with Crippen molar-refractivity contribution in [2.75, 3.05) is 36.4 Å². The summed E-state index contributed by atoms with van der Waals surface area (Å²) in [4.78, 5) is 37.6. The Morgan fingerprint density at radius 2 is 1.49 bits per heavy atom. The molecule has 2 heterocycles. The van der Waals surface area contributed by atoms with Gasteiger partial charge in [-0.25, -0.2) is 28.9 Å². The first-order valence-corrected chi connectivity index (χ1v) is 11.5. The third-order valence-electron chi connectivity index (χ3n) is 5.37. The molecule has 0 aliphatic carbocycles. The number of carboxylic acids is 2. The van der Waals surface area contributed by atoms with Gasteiger partial charge in [0.25, 0.3) is 0 Å². The van der Waals surface area contributed by atoms with E-state index in [-0.39, 0.29) is 11.4 Å². The van der Waals surface area contributed by atoms with Crippen LogP contribution in [0.2, 0.25) is 0 Å². The van der Waals surface area contributed by atoms with Crippen LogP contribution in [-0.2, 0) is 11.3 Å². The fourth-order valence-electron chi connectivity index (χ4n) is 3.37. The number of carbonyl (C=O) groups is 2. The lowest BCUT2D eigenvalue weighted by Crippen LogP contribution is -2.51. The Balaban J connectivity index is 0.000000532. The molecule has 39 heavy (non-hydrogen) atoms. The molecule has 0 bridgehead atoms. The molecule has 206 valence electrons. The van der Waals surface area contributed by atoms with Gasteiger partial charge in [-0.05, 0) is 48.0 Å². The number of piperazine rings is 1. The molecular formula is C25H24F4N6O4. The molecule has 1 aromatic heterocycles. The van der Waals surface area contributed by atoms with Gasteiger partial charge in [-0.1, -0.05) is 12.1 Å². The summed E-state index contributed by atoms with van der Waals surface area (Å²) in [6, 6.07) is 14.6. The van der Waals surface area contributed by atoms with Crippen LogP contribution < -0.4 is 10.2 Å². The first-order chi connectivity index (χ1) is 18.5. The summed E-state index contributed by atoms with van der Waals surface area (Å²) >= 11 is 0. The Hall–Kier alpha value is -4.75. The molecule has 1 saturated heterocycles. The number of nitrogens with one attached hydrogen (secondary N) is 1. The number of aliphatic imine (C=N–C) groups is 1. The van der Waals surface area contributed by atoms with Crippen molar-refractivity contribution in [3.63, 3.8) is 0 Å². The largest absolute Gasteiger partial charge is 0.490 e. The van der Waals surface area contributed by atoms with Gasteiger partial charge in [0.05, 0.1) is 12.1 Å². The van der Waals surface area contributed by atoms with E-state index in [2.05, 4.69) is 25.1 Å². The molecule has 2 aromatic carbocycles. The Kier molecular flexibility index (Phi) is 9.73. The minimum absolute atomic E-state index is 0.219. The van der Waals surface area contributed by atoms with Gasteiger partial charge in [-0.2, -0.15) is 13.2 Å². The molecule has 0 radical (unpaired) electrons. The molecular weight excluding hydrogens is 524 g/mol. The van der Waals surface area contributed by atoms with E-state index in [1.165, 1.54) is 12.1 Å². The van der Waals surface area contributed by atoms with Crippen molar-refractivity contribution in [2.45, 2.75) is 12.7 Å². The smallest absolute Gasteiger partial charge is 0.478 e. The number of halogens is 4. The van der Waals surface area contributed by atoms with Crippen LogP contribution in [-0.4, -0.2) is 75.3 Å². The second-order valence-corrected chi connectivity index (χ2v) is 8.10. The number of alkyl halides is 3. The molecule has 0 spiro atoms. The highest BCUT2D eigenvalue weighted by Crippen LogP contribution is 2.15. The normalized spacial score (nSPS) is 13.8. The monoisotopic (exact) mass is 548 g/mol. The van der Waals surface area contributed by atoms with E-state index in [4.69, 9.17) is 20.0 Å². The molecule has 0 unspecified atom stereocenters. The maximum atomic E-state index is 13.2. The minimum Gasteiger partial charge on any atom is -0.478 e. The van der Waals surface area contributed by atoms with Crippen molar-refractivity contribution in [1.82, 2.24) is 14.9 Å². The minimum atomic E-state index is -5.08. The van der Waals surface area contributed by atoms with Gasteiger partial charge in [0, 0.05) is 44.3 Å². The van der Waals surface area contributed by atoms with E-state index < -0.39 is 18.1 Å². The second-order valence-electron chi connectivity index (χ2n) is 8.10. The first kappa shape index (κ1) is 28.8. The summed E-state index contributed by atoms with van der Waals surface area (Å²) in [7, 11) is 0. The lowest BCUT2D eigenvalue weighted by Gasteiger charge is -2.36. The molecule has 14 heteroatoms. The SMILES string of the molecule is O=C(O)C(F)(F)F.O=C(O)c1ccc(NC(=NCc2ccc(F)cc2)N2CCN(c3ncccn3)CC2)cc1. The van der Waals surface area contributed by atoms with E-state index in [0.717, 1.165) is 24.3 Å². The van der Waals surface area contributed by atoms with E-state index in [1.54, 1.807) is 54.9 Å². The Morgan fingerprint density at radius 1 is 0.923 bits per heavy atom. The fraction of sp³-hybridized carbons (Fsp3) is 0.240. The van der Waals surface area contributed by atoms with Crippen molar-refractivity contribution in [1.29, 1.82) is 0 Å². The maximum Gasteiger partial charge on any atom is 0.490 e. The van der Waals surface area contributed by atoms with Crippen LogP contribution in [0.15, 0.2) is 72.0 Å². The number of anilines is 2. The highest BCUT2D eigenvalue weighted by Gasteiger charge is 2.38. The quantitative estimate of drug-likeness (QED) is 0.248. The molecule has 3 N–H and O–H groups in total. The highest BCUT2D eigenvalue weighted by atomic mass is 19.4. The zero-order chi connectivity index (χ0) is 28.4. The van der Waals surface area contributed by atoms with Crippen LogP contribution in [0.25, 0.3) is 0 Å². The number of nitrogens with zero attached hydrogens (tertiary/aromatic N) is 5. The topological polar surface area (TPSA) is 131 Å². The third-order valence-corrected chi connectivity index (χ3v) is 5.37. The lowest BCUT2D eigenvalue weighted by atomic mass is 10.2. The number of aliphatic carboxylic acids is 1. The number of aromatic carboxylic acids is 1. The molecule has 1 aliphatic heterocycles. The number of aromatic nitrogens is 2. The lowest BCUT2D eigenvalue weighted by molar-refractivity contribution is -0.192. The predicted molar refractivity (Wildman–Crippen MR) is 134 cm³/mol. The number of guanidine groups is 1. The van der Waals surface area contributed by atoms with Crippen molar-refractivity contribution >= 4 is 29.5 Å². The standard InChI is InChI=1S/C23H23FN6O2.C2HF3O2/c24-19-6-2-17(3-7-19)16-27-23(28-20-8-4-18(5-9-20)21(31)32)30-14-12-29(13-15-30)22-25-10-1-11-26-22;3-2(4,5)1(6)7/h1-11H,12-16H2,(H,27,28)(H,31,32);(H,6,7). The average Bonchev–Trinajstić information content (AvgIpc) is 2.92. The van der Waals surface area contributed by atoms with Gasteiger partial charge in [0.1, 0.15) is 5.82 Å². The van der Waals surface area contributed by atoms with Gasteiger partial charge in [0.15, 0.2) is 5.96 Å². The molecule has 1 fully saturated rings. The van der Waals surface area contributed by atoms with E-state index >= 15 is 0 Å². The van der Waals surface area contributed by atoms with Crippen molar-refractivity contribution < 1.29 is 37.4 Å². The summed E-state index contributed by atoms with van der Waals surface area (Å²) in [5, 5.41) is 19.6. The van der Waals surface area contributed by atoms with E-state index in [9.17, 15) is 22.4 Å². The average molecular weight is 548 g/mol. The highest BCUT2D eigenvalue weighted by molar-refractivity contribution is 5.94. The second kappa shape index (κ2) is 13.2. The van der Waals surface area contributed by atoms with Crippen molar-refractivity contribution in [3.05, 3.63) is 83.9 Å². The van der Waals surface area contributed by atoms with Crippen molar-refractivity contribution in [3.8, 4) is 0 Å². The molecule has 10 nitrogen and oxygen atoms in total. The number of hydrogen-bond acceptors (Lipinski definition) is 6. The summed E-state index contributed by atoms with van der Waals surface area (Å²) in [6.07, 6.45) is -1.63. The van der Waals surface area contributed by atoms with Crippen LogP contribution in [0.1, 0.15) is 15.9 Å². The summed E-state index contributed by atoms with van der Waals surface area (Å²) in [5.41, 5.74) is 1.85. The van der Waals surface area contributed by atoms with Crippen LogP contribution in [0.5, 0.6) is 0 Å². The van der Waals surface area contributed by atoms with Gasteiger partial charge >= 0.3 is 18.1 Å².